The Labute approximate surface area is 139 Å². The summed E-state index contributed by atoms with van der Waals surface area (Å²) in [6.45, 7) is 1.72. The van der Waals surface area contributed by atoms with Gasteiger partial charge in [0.1, 0.15) is 11.6 Å². The Morgan fingerprint density at radius 3 is 2.71 bits per heavy atom. The summed E-state index contributed by atoms with van der Waals surface area (Å²) in [4.78, 5) is 4.40. The summed E-state index contributed by atoms with van der Waals surface area (Å²) in [6, 6.07) is 8.78. The smallest absolute Gasteiger partial charge is 0.129 e. The molecule has 0 amide bonds. The Kier molecular flexibility index (Phi) is 3.95. The highest BCUT2D eigenvalue weighted by atomic mass is 79.9. The third-order valence-electron chi connectivity index (χ3n) is 3.29. The molecule has 0 saturated heterocycles. The Morgan fingerprint density at radius 2 is 2.05 bits per heavy atom. The van der Waals surface area contributed by atoms with E-state index in [-0.39, 0.29) is 11.7 Å². The molecule has 0 radical (unpaired) electrons. The van der Waals surface area contributed by atoms with Gasteiger partial charge < -0.3 is 0 Å². The average molecular weight is 388 g/mol. The highest BCUT2D eigenvalue weighted by Gasteiger charge is 2.14. The van der Waals surface area contributed by atoms with Crippen molar-refractivity contribution in [2.24, 2.45) is 0 Å². The van der Waals surface area contributed by atoms with Crippen molar-refractivity contribution in [1.82, 2.24) is 9.55 Å². The summed E-state index contributed by atoms with van der Waals surface area (Å²) in [7, 11) is 0. The maximum absolute atomic E-state index is 13.7. The topological polar surface area (TPSA) is 17.8 Å². The minimum Gasteiger partial charge on any atom is -0.295 e. The zero-order valence-electron chi connectivity index (χ0n) is 11.0. The highest BCUT2D eigenvalue weighted by molar-refractivity contribution is 9.10. The van der Waals surface area contributed by atoms with Crippen LogP contribution in [0.3, 0.4) is 0 Å². The Hall–Kier alpha value is -1.10. The third kappa shape index (κ3) is 2.56. The van der Waals surface area contributed by atoms with Crippen LogP contribution in [0.15, 0.2) is 34.8 Å². The molecule has 0 aliphatic carbocycles. The largest absolute Gasteiger partial charge is 0.295 e. The van der Waals surface area contributed by atoms with Gasteiger partial charge in [-0.25, -0.2) is 9.37 Å². The molecule has 0 atom stereocenters. The van der Waals surface area contributed by atoms with Gasteiger partial charge in [-0.15, -0.1) is 11.6 Å². The Balaban J connectivity index is 2.34. The second kappa shape index (κ2) is 5.59. The number of benzene rings is 2. The van der Waals surface area contributed by atoms with Crippen molar-refractivity contribution in [3.63, 3.8) is 0 Å². The Morgan fingerprint density at radius 1 is 1.29 bits per heavy atom. The van der Waals surface area contributed by atoms with Crippen molar-refractivity contribution in [1.29, 1.82) is 0 Å². The van der Waals surface area contributed by atoms with E-state index in [1.165, 1.54) is 6.07 Å². The summed E-state index contributed by atoms with van der Waals surface area (Å²) in [6.07, 6.45) is 0. The molecular formula is C15H10BrCl2FN2. The fraction of sp³-hybridized carbons (Fsp3) is 0.133. The van der Waals surface area contributed by atoms with E-state index < -0.39 is 0 Å². The number of halogens is 4. The molecule has 2 aromatic carbocycles. The number of fused-ring (bicyclic) bond motifs is 1. The molecular weight excluding hydrogens is 378 g/mol. The van der Waals surface area contributed by atoms with Gasteiger partial charge >= 0.3 is 0 Å². The first-order valence-electron chi connectivity index (χ1n) is 6.20. The van der Waals surface area contributed by atoms with Gasteiger partial charge in [0.15, 0.2) is 0 Å². The number of hydrogen-bond donors (Lipinski definition) is 0. The van der Waals surface area contributed by atoms with Crippen LogP contribution in [0.2, 0.25) is 5.02 Å². The lowest BCUT2D eigenvalue weighted by Crippen LogP contribution is -1.99. The summed E-state index contributed by atoms with van der Waals surface area (Å²) < 4.78 is 16.4. The second-order valence-corrected chi connectivity index (χ2v) is 6.21. The molecule has 0 spiro atoms. The molecule has 0 aliphatic rings. The van der Waals surface area contributed by atoms with Crippen molar-refractivity contribution in [2.75, 3.05) is 0 Å². The molecule has 3 rings (SSSR count). The van der Waals surface area contributed by atoms with Gasteiger partial charge in [-0.1, -0.05) is 11.6 Å². The fourth-order valence-corrected chi connectivity index (χ4v) is 2.86. The van der Waals surface area contributed by atoms with Crippen molar-refractivity contribution >= 4 is 50.2 Å². The number of hydrogen-bond acceptors (Lipinski definition) is 1. The minimum atomic E-state index is -0.276. The first-order chi connectivity index (χ1) is 10.0. The van der Waals surface area contributed by atoms with Crippen LogP contribution in [-0.2, 0) is 5.88 Å². The molecule has 1 aromatic heterocycles. The Bertz CT molecular complexity index is 845. The zero-order chi connectivity index (χ0) is 15.1. The summed E-state index contributed by atoms with van der Waals surface area (Å²) in [5, 5.41) is 0.591. The number of aryl methyl sites for hydroxylation is 1. The lowest BCUT2D eigenvalue weighted by atomic mass is 10.2. The van der Waals surface area contributed by atoms with Gasteiger partial charge in [0.05, 0.1) is 21.9 Å². The molecule has 0 fully saturated rings. The number of aromatic nitrogens is 2. The van der Waals surface area contributed by atoms with Gasteiger partial charge in [0.2, 0.25) is 0 Å². The predicted octanol–water partition coefficient (Wildman–Crippen LogP) is 5.63. The van der Waals surface area contributed by atoms with Crippen molar-refractivity contribution in [2.45, 2.75) is 12.8 Å². The van der Waals surface area contributed by atoms with Crippen LogP contribution >= 0.6 is 39.1 Å². The van der Waals surface area contributed by atoms with Crippen LogP contribution in [0.25, 0.3) is 16.7 Å². The highest BCUT2D eigenvalue weighted by Crippen LogP contribution is 2.29. The summed E-state index contributed by atoms with van der Waals surface area (Å²) in [5.41, 5.74) is 2.79. The molecule has 0 bridgehead atoms. The van der Waals surface area contributed by atoms with Gasteiger partial charge in [-0.3, -0.25) is 4.57 Å². The maximum Gasteiger partial charge on any atom is 0.129 e. The molecule has 0 aliphatic heterocycles. The number of nitrogens with zero attached hydrogens (tertiary/aromatic N) is 2. The minimum absolute atomic E-state index is 0.225. The quantitative estimate of drug-likeness (QED) is 0.521. The van der Waals surface area contributed by atoms with E-state index in [4.69, 9.17) is 23.2 Å². The second-order valence-electron chi connectivity index (χ2n) is 4.69. The first kappa shape index (κ1) is 14.8. The first-order valence-corrected chi connectivity index (χ1v) is 7.90. The van der Waals surface area contributed by atoms with Gasteiger partial charge in [0, 0.05) is 16.2 Å². The molecule has 6 heteroatoms. The molecule has 0 saturated carbocycles. The third-order valence-corrected chi connectivity index (χ3v) is 4.76. The van der Waals surface area contributed by atoms with Crippen molar-refractivity contribution in [3.05, 3.63) is 57.0 Å². The average Bonchev–Trinajstić information content (AvgIpc) is 2.80. The van der Waals surface area contributed by atoms with E-state index in [1.54, 1.807) is 13.0 Å². The summed E-state index contributed by atoms with van der Waals surface area (Å²) in [5.74, 6) is 0.598. The van der Waals surface area contributed by atoms with Crippen LogP contribution in [0, 0.1) is 12.7 Å². The van der Waals surface area contributed by atoms with E-state index in [0.29, 0.717) is 21.9 Å². The summed E-state index contributed by atoms with van der Waals surface area (Å²) >= 11 is 15.5. The lowest BCUT2D eigenvalue weighted by Gasteiger charge is -2.09. The van der Waals surface area contributed by atoms with Gasteiger partial charge in [0.25, 0.3) is 0 Å². The van der Waals surface area contributed by atoms with Crippen molar-refractivity contribution in [3.8, 4) is 5.69 Å². The van der Waals surface area contributed by atoms with E-state index in [9.17, 15) is 4.39 Å². The molecule has 3 aromatic rings. The molecule has 2 nitrogen and oxygen atoms in total. The fourth-order valence-electron chi connectivity index (χ4n) is 2.25. The maximum atomic E-state index is 13.7. The van der Waals surface area contributed by atoms with E-state index in [0.717, 1.165) is 15.7 Å². The SMILES string of the molecule is Cc1cc2c(cc1F)nc(CCl)n2-c1ccc(Br)c(Cl)c1. The zero-order valence-corrected chi connectivity index (χ0v) is 14.1. The van der Waals surface area contributed by atoms with Crippen LogP contribution < -0.4 is 0 Å². The molecule has 21 heavy (non-hydrogen) atoms. The molecule has 108 valence electrons. The van der Waals surface area contributed by atoms with Crippen LogP contribution in [0.4, 0.5) is 4.39 Å². The van der Waals surface area contributed by atoms with Gasteiger partial charge in [-0.05, 0) is 52.7 Å². The number of imidazole rings is 1. The number of alkyl halides is 1. The monoisotopic (exact) mass is 386 g/mol. The van der Waals surface area contributed by atoms with E-state index >= 15 is 0 Å². The standard InChI is InChI=1S/C15H10BrCl2FN2/c1-8-4-14-13(6-12(8)19)20-15(7-17)21(14)9-2-3-10(16)11(18)5-9/h2-6H,7H2,1H3. The molecule has 1 heterocycles. The van der Waals surface area contributed by atoms with E-state index in [1.807, 2.05) is 22.8 Å². The van der Waals surface area contributed by atoms with Gasteiger partial charge in [-0.2, -0.15) is 0 Å². The van der Waals surface area contributed by atoms with Crippen LogP contribution in [0.1, 0.15) is 11.4 Å². The normalized spacial score (nSPS) is 11.3. The lowest BCUT2D eigenvalue weighted by molar-refractivity contribution is 0.620. The van der Waals surface area contributed by atoms with Crippen LogP contribution in [0.5, 0.6) is 0 Å². The molecule has 0 N–H and O–H groups in total. The van der Waals surface area contributed by atoms with Crippen LogP contribution in [-0.4, -0.2) is 9.55 Å². The van der Waals surface area contributed by atoms with E-state index in [2.05, 4.69) is 20.9 Å². The van der Waals surface area contributed by atoms with Crippen molar-refractivity contribution < 1.29 is 4.39 Å². The molecule has 0 unspecified atom stereocenters. The predicted molar refractivity (Wildman–Crippen MR) is 88.0 cm³/mol. The number of rotatable bonds is 2.